The minimum absolute atomic E-state index is 0.0882. The number of rotatable bonds is 5. The maximum Gasteiger partial charge on any atom is 0.143 e. The van der Waals surface area contributed by atoms with Crippen LogP contribution in [0.3, 0.4) is 0 Å². The van der Waals surface area contributed by atoms with Gasteiger partial charge in [0.05, 0.1) is 0 Å². The molecule has 56 heavy (non-hydrogen) atoms. The van der Waals surface area contributed by atoms with Crippen molar-refractivity contribution in [3.8, 4) is 33.4 Å². The molecule has 0 N–H and O–H groups in total. The van der Waals surface area contributed by atoms with Crippen molar-refractivity contribution in [2.24, 2.45) is 0 Å². The van der Waals surface area contributed by atoms with Crippen LogP contribution in [0.2, 0.25) is 0 Å². The quantitative estimate of drug-likeness (QED) is 0.230. The first-order valence-corrected chi connectivity index (χ1v) is 19.8. The number of furan rings is 1. The summed E-state index contributed by atoms with van der Waals surface area (Å²) in [5.41, 5.74) is 22.2. The maximum absolute atomic E-state index is 6.61. The molecule has 0 amide bonds. The zero-order valence-electron chi connectivity index (χ0n) is 33.2. The fourth-order valence-corrected chi connectivity index (χ4v) is 9.71. The summed E-state index contributed by atoms with van der Waals surface area (Å²) < 4.78 is 6.61. The van der Waals surface area contributed by atoms with Crippen molar-refractivity contribution < 1.29 is 4.42 Å². The van der Waals surface area contributed by atoms with Crippen molar-refractivity contribution in [1.82, 2.24) is 0 Å². The lowest BCUT2D eigenvalue weighted by Gasteiger charge is -2.32. The summed E-state index contributed by atoms with van der Waals surface area (Å²) in [6.45, 7) is 4.74. The molecule has 0 spiro atoms. The molecule has 2 nitrogen and oxygen atoms in total. The minimum Gasteiger partial charge on any atom is -0.455 e. The summed E-state index contributed by atoms with van der Waals surface area (Å²) in [6.07, 6.45) is 0. The third-order valence-corrected chi connectivity index (χ3v) is 13.0. The summed E-state index contributed by atoms with van der Waals surface area (Å²) in [7, 11) is 11.4. The Labute approximate surface area is 333 Å². The van der Waals surface area contributed by atoms with Gasteiger partial charge in [0, 0.05) is 38.6 Å². The van der Waals surface area contributed by atoms with Gasteiger partial charge in [-0.25, -0.2) is 0 Å². The monoisotopic (exact) mass is 713 g/mol. The van der Waals surface area contributed by atoms with Crippen LogP contribution in [0.15, 0.2) is 150 Å². The van der Waals surface area contributed by atoms with E-state index in [2.05, 4.69) is 204 Å². The van der Waals surface area contributed by atoms with Gasteiger partial charge in [0.1, 0.15) is 50.4 Å². The maximum atomic E-state index is 6.61. The van der Waals surface area contributed by atoms with Gasteiger partial charge in [-0.1, -0.05) is 145 Å². The predicted molar refractivity (Wildman–Crippen MR) is 255 cm³/mol. The molecule has 1 aliphatic carbocycles. The van der Waals surface area contributed by atoms with E-state index in [1.165, 1.54) is 77.3 Å². The molecule has 0 saturated heterocycles. The Morgan fingerprint density at radius 3 is 1.93 bits per heavy atom. The molecule has 0 unspecified atom stereocenters. The van der Waals surface area contributed by atoms with Crippen LogP contribution in [-0.2, 0) is 5.41 Å². The first kappa shape index (κ1) is 34.4. The van der Waals surface area contributed by atoms with E-state index >= 15 is 0 Å². The molecule has 0 bridgehead atoms. The lowest BCUT2D eigenvalue weighted by atomic mass is 9.61. The summed E-state index contributed by atoms with van der Waals surface area (Å²) in [4.78, 5) is 2.48. The molecular weight excluding hydrogens is 673 g/mol. The van der Waals surface area contributed by atoms with E-state index in [1.54, 1.807) is 0 Å². The third-order valence-electron chi connectivity index (χ3n) is 13.0. The standard InChI is InChI=1S/C49H40B5NO/c1-49(2)38-18-6-5-14-35(38)36-17-8-16-33(41(36)49)28-20-23-30(24-21-28)55(47-45(53)43(51)42(50)44(52)46(47)54)31-12-7-11-29(26-31)32-15-9-19-39-40(32)37-25-22-27-10-3-4-13-34(27)48(37)56-39/h3-26H,50-54H2,1-2H3. The highest BCUT2D eigenvalue weighted by atomic mass is 16.3. The van der Waals surface area contributed by atoms with Crippen LogP contribution in [0.25, 0.3) is 66.1 Å². The molecule has 0 saturated carbocycles. The van der Waals surface area contributed by atoms with E-state index in [-0.39, 0.29) is 5.41 Å². The molecule has 1 aliphatic rings. The van der Waals surface area contributed by atoms with Crippen molar-refractivity contribution in [3.63, 3.8) is 0 Å². The molecule has 8 aromatic carbocycles. The van der Waals surface area contributed by atoms with Gasteiger partial charge in [-0.2, -0.15) is 0 Å². The fourth-order valence-electron chi connectivity index (χ4n) is 9.71. The molecule has 1 heterocycles. The lowest BCUT2D eigenvalue weighted by molar-refractivity contribution is 0.662. The molecule has 0 radical (unpaired) electrons. The van der Waals surface area contributed by atoms with Gasteiger partial charge in [0.15, 0.2) is 0 Å². The van der Waals surface area contributed by atoms with Gasteiger partial charge in [-0.15, -0.1) is 5.46 Å². The van der Waals surface area contributed by atoms with E-state index < -0.39 is 0 Å². The largest absolute Gasteiger partial charge is 0.455 e. The Balaban J connectivity index is 1.14. The molecule has 1 aromatic heterocycles. The van der Waals surface area contributed by atoms with Crippen LogP contribution >= 0.6 is 0 Å². The van der Waals surface area contributed by atoms with Crippen molar-refractivity contribution in [2.45, 2.75) is 19.3 Å². The zero-order valence-corrected chi connectivity index (χ0v) is 33.2. The smallest absolute Gasteiger partial charge is 0.143 e. The van der Waals surface area contributed by atoms with Gasteiger partial charge in [0.2, 0.25) is 0 Å². The van der Waals surface area contributed by atoms with E-state index in [1.807, 2.05) is 0 Å². The van der Waals surface area contributed by atoms with Crippen LogP contribution < -0.4 is 32.2 Å². The Morgan fingerprint density at radius 2 is 1.12 bits per heavy atom. The highest BCUT2D eigenvalue weighted by molar-refractivity contribution is 6.69. The number of anilines is 3. The van der Waals surface area contributed by atoms with Gasteiger partial charge >= 0.3 is 0 Å². The number of hydrogen-bond acceptors (Lipinski definition) is 2. The van der Waals surface area contributed by atoms with Crippen LogP contribution in [0.5, 0.6) is 0 Å². The Hall–Kier alpha value is -6.06. The first-order valence-electron chi connectivity index (χ1n) is 19.8. The van der Waals surface area contributed by atoms with Crippen LogP contribution in [-0.4, -0.2) is 39.2 Å². The Morgan fingerprint density at radius 1 is 0.482 bits per heavy atom. The zero-order chi connectivity index (χ0) is 38.5. The average Bonchev–Trinajstić information content (AvgIpc) is 3.74. The summed E-state index contributed by atoms with van der Waals surface area (Å²) in [5.74, 6) is 0. The van der Waals surface area contributed by atoms with Gasteiger partial charge < -0.3 is 9.32 Å². The van der Waals surface area contributed by atoms with E-state index in [0.29, 0.717) is 0 Å². The van der Waals surface area contributed by atoms with Crippen LogP contribution in [0.1, 0.15) is 25.0 Å². The minimum atomic E-state index is -0.0882. The molecule has 10 rings (SSSR count). The Kier molecular flexibility index (Phi) is 7.84. The average molecular weight is 713 g/mol. The van der Waals surface area contributed by atoms with Crippen LogP contribution in [0.4, 0.5) is 17.1 Å². The van der Waals surface area contributed by atoms with Crippen molar-refractivity contribution in [3.05, 3.63) is 157 Å². The lowest BCUT2D eigenvalue weighted by Crippen LogP contribution is -2.56. The van der Waals surface area contributed by atoms with Crippen molar-refractivity contribution >= 4 is 116 Å². The molecule has 9 aromatic rings. The van der Waals surface area contributed by atoms with E-state index in [9.17, 15) is 0 Å². The third kappa shape index (κ3) is 5.03. The molecule has 0 fully saturated rings. The van der Waals surface area contributed by atoms with Crippen molar-refractivity contribution in [1.29, 1.82) is 0 Å². The summed E-state index contributed by atoms with van der Waals surface area (Å²) in [5, 5.41) is 4.61. The molecular formula is C49H40B5NO. The highest BCUT2D eigenvalue weighted by Crippen LogP contribution is 2.52. The molecule has 7 heteroatoms. The number of fused-ring (bicyclic) bond motifs is 8. The van der Waals surface area contributed by atoms with E-state index in [4.69, 9.17) is 4.42 Å². The van der Waals surface area contributed by atoms with Crippen LogP contribution in [0, 0.1) is 0 Å². The number of nitrogens with zero attached hydrogens (tertiary/aromatic N) is 1. The second kappa shape index (κ2) is 12.7. The molecule has 0 aliphatic heterocycles. The van der Waals surface area contributed by atoms with Crippen molar-refractivity contribution in [2.75, 3.05) is 4.90 Å². The van der Waals surface area contributed by atoms with Gasteiger partial charge in [0.25, 0.3) is 0 Å². The summed E-state index contributed by atoms with van der Waals surface area (Å²) >= 11 is 0. The van der Waals surface area contributed by atoms with Gasteiger partial charge in [-0.05, 0) is 86.3 Å². The normalized spacial score (nSPS) is 13.0. The topological polar surface area (TPSA) is 16.4 Å². The second-order valence-electron chi connectivity index (χ2n) is 16.2. The second-order valence-corrected chi connectivity index (χ2v) is 16.2. The number of benzene rings is 8. The first-order chi connectivity index (χ1) is 27.1. The van der Waals surface area contributed by atoms with Gasteiger partial charge in [-0.3, -0.25) is 0 Å². The predicted octanol–water partition coefficient (Wildman–Crippen LogP) is 5.14. The van der Waals surface area contributed by atoms with E-state index in [0.717, 1.165) is 44.3 Å². The Bertz CT molecular complexity index is 3040. The number of hydrogen-bond donors (Lipinski definition) is 0. The SMILES string of the molecule is Bc1c(B)c(B)c(N(c2ccc(-c3cccc4c3C(C)(C)c3ccccc3-4)cc2)c2cccc(-c3cccc4oc5c6ccccc6ccc5c34)c2)c(B)c1B. The molecule has 262 valence electrons. The summed E-state index contributed by atoms with van der Waals surface area (Å²) in [6, 6.07) is 53.4. The molecule has 0 atom stereocenters. The fraction of sp³-hybridized carbons (Fsp3) is 0.0612. The highest BCUT2D eigenvalue weighted by Gasteiger charge is 2.37.